The first-order valence-electron chi connectivity index (χ1n) is 8.96. The van der Waals surface area contributed by atoms with E-state index < -0.39 is 11.9 Å². The molecule has 0 bridgehead atoms. The van der Waals surface area contributed by atoms with Crippen LogP contribution in [0.4, 0.5) is 5.00 Å². The molecule has 150 valence electrons. The average molecular weight is 412 g/mol. The van der Waals surface area contributed by atoms with Gasteiger partial charge in [-0.1, -0.05) is 30.3 Å². The monoisotopic (exact) mass is 412 g/mol. The van der Waals surface area contributed by atoms with Gasteiger partial charge in [0.25, 0.3) is 5.91 Å². The van der Waals surface area contributed by atoms with Crippen molar-refractivity contribution in [3.05, 3.63) is 64.9 Å². The molecule has 0 aliphatic rings. The van der Waals surface area contributed by atoms with E-state index >= 15 is 0 Å². The Bertz CT molecular complexity index is 1010. The molecule has 3 aromatic rings. The number of carboxylic acid groups (broad SMARTS) is 1. The molecule has 8 heteroatoms. The molecule has 0 saturated heterocycles. The van der Waals surface area contributed by atoms with Crippen LogP contribution in [0, 0.1) is 6.92 Å². The lowest BCUT2D eigenvalue weighted by atomic mass is 10.0. The predicted molar refractivity (Wildman–Crippen MR) is 110 cm³/mol. The standard InChI is InChI=1S/C21H20N2O5S/c1-13-18(14-6-3-2-4-7-14)19(20(27)22-12-15-8-5-11-28-15)21(29-13)23-16(24)9-10-17(25)26/h2-8,11H,9-10,12H2,1H3,(H,22,27)(H,23,24)(H,25,26). The van der Waals surface area contributed by atoms with Gasteiger partial charge >= 0.3 is 5.97 Å². The summed E-state index contributed by atoms with van der Waals surface area (Å²) in [5.41, 5.74) is 1.95. The predicted octanol–water partition coefficient (Wildman–Crippen LogP) is 4.05. The molecule has 3 N–H and O–H groups in total. The lowest BCUT2D eigenvalue weighted by Gasteiger charge is -2.10. The zero-order valence-electron chi connectivity index (χ0n) is 15.7. The molecule has 0 saturated carbocycles. The number of hydrogen-bond acceptors (Lipinski definition) is 5. The van der Waals surface area contributed by atoms with Crippen LogP contribution in [0.1, 0.15) is 33.8 Å². The summed E-state index contributed by atoms with van der Waals surface area (Å²) in [6.07, 6.45) is 1.09. The Morgan fingerprint density at radius 3 is 2.48 bits per heavy atom. The molecule has 0 atom stereocenters. The Balaban J connectivity index is 1.91. The number of hydrogen-bond donors (Lipinski definition) is 3. The summed E-state index contributed by atoms with van der Waals surface area (Å²) in [5.74, 6) is -1.24. The van der Waals surface area contributed by atoms with E-state index in [2.05, 4.69) is 10.6 Å². The van der Waals surface area contributed by atoms with Crippen LogP contribution in [0.15, 0.2) is 53.1 Å². The molecule has 29 heavy (non-hydrogen) atoms. The summed E-state index contributed by atoms with van der Waals surface area (Å²) >= 11 is 1.29. The summed E-state index contributed by atoms with van der Waals surface area (Å²) in [6, 6.07) is 12.9. The highest BCUT2D eigenvalue weighted by Crippen LogP contribution is 2.40. The maximum absolute atomic E-state index is 13.0. The second-order valence-electron chi connectivity index (χ2n) is 6.31. The van der Waals surface area contributed by atoms with E-state index in [0.717, 1.165) is 16.0 Å². The summed E-state index contributed by atoms with van der Waals surface area (Å²) in [4.78, 5) is 36.8. The SMILES string of the molecule is Cc1sc(NC(=O)CCC(=O)O)c(C(=O)NCc2ccco2)c1-c1ccccc1. The first-order valence-corrected chi connectivity index (χ1v) is 9.78. The number of aliphatic carboxylic acids is 1. The summed E-state index contributed by atoms with van der Waals surface area (Å²) in [6.45, 7) is 2.09. The third-order valence-electron chi connectivity index (χ3n) is 4.20. The van der Waals surface area contributed by atoms with Gasteiger partial charge in [0.15, 0.2) is 0 Å². The molecular formula is C21H20N2O5S. The lowest BCUT2D eigenvalue weighted by molar-refractivity contribution is -0.138. The largest absolute Gasteiger partial charge is 0.481 e. The zero-order valence-corrected chi connectivity index (χ0v) is 16.5. The maximum atomic E-state index is 13.0. The third kappa shape index (κ3) is 5.11. The summed E-state index contributed by atoms with van der Waals surface area (Å²) < 4.78 is 5.25. The number of amides is 2. The highest BCUT2D eigenvalue weighted by molar-refractivity contribution is 7.17. The quantitative estimate of drug-likeness (QED) is 0.517. The van der Waals surface area contributed by atoms with E-state index in [4.69, 9.17) is 9.52 Å². The van der Waals surface area contributed by atoms with Gasteiger partial charge in [-0.15, -0.1) is 11.3 Å². The van der Waals surface area contributed by atoms with Crippen molar-refractivity contribution in [3.8, 4) is 11.1 Å². The number of anilines is 1. The second-order valence-corrected chi connectivity index (χ2v) is 7.53. The topological polar surface area (TPSA) is 109 Å². The van der Waals surface area contributed by atoms with Crippen molar-refractivity contribution in [3.63, 3.8) is 0 Å². The molecule has 0 fully saturated rings. The van der Waals surface area contributed by atoms with Crippen molar-refractivity contribution in [1.29, 1.82) is 0 Å². The smallest absolute Gasteiger partial charge is 0.303 e. The molecule has 0 aliphatic heterocycles. The molecule has 2 heterocycles. The summed E-state index contributed by atoms with van der Waals surface area (Å²) in [5, 5.41) is 14.7. The van der Waals surface area contributed by atoms with Crippen LogP contribution in [-0.2, 0) is 16.1 Å². The van der Waals surface area contributed by atoms with Gasteiger partial charge in [0, 0.05) is 16.9 Å². The number of thiophene rings is 1. The van der Waals surface area contributed by atoms with E-state index in [9.17, 15) is 14.4 Å². The van der Waals surface area contributed by atoms with E-state index in [1.54, 1.807) is 12.1 Å². The fourth-order valence-electron chi connectivity index (χ4n) is 2.88. The first-order chi connectivity index (χ1) is 14.0. The number of aryl methyl sites for hydroxylation is 1. The van der Waals surface area contributed by atoms with Gasteiger partial charge in [-0.05, 0) is 24.6 Å². The average Bonchev–Trinajstić information content (AvgIpc) is 3.33. The van der Waals surface area contributed by atoms with Gasteiger partial charge in [-0.2, -0.15) is 0 Å². The number of rotatable bonds is 8. The zero-order chi connectivity index (χ0) is 20.8. The van der Waals surface area contributed by atoms with Crippen molar-refractivity contribution >= 4 is 34.1 Å². The van der Waals surface area contributed by atoms with Gasteiger partial charge in [-0.3, -0.25) is 14.4 Å². The number of nitrogens with one attached hydrogen (secondary N) is 2. The minimum absolute atomic E-state index is 0.166. The Morgan fingerprint density at radius 2 is 1.83 bits per heavy atom. The molecule has 2 aromatic heterocycles. The van der Waals surface area contributed by atoms with Crippen molar-refractivity contribution in [1.82, 2.24) is 5.32 Å². The van der Waals surface area contributed by atoms with Gasteiger partial charge in [0.1, 0.15) is 10.8 Å². The Hall–Kier alpha value is -3.39. The highest BCUT2D eigenvalue weighted by atomic mass is 32.1. The third-order valence-corrected chi connectivity index (χ3v) is 5.22. The van der Waals surface area contributed by atoms with Crippen LogP contribution in [0.5, 0.6) is 0 Å². The molecular weight excluding hydrogens is 392 g/mol. The van der Waals surface area contributed by atoms with Crippen molar-refractivity contribution in [2.75, 3.05) is 5.32 Å². The summed E-state index contributed by atoms with van der Waals surface area (Å²) in [7, 11) is 0. The first kappa shape index (κ1) is 20.3. The Kier molecular flexibility index (Phi) is 6.46. The fraction of sp³-hybridized carbons (Fsp3) is 0.190. The van der Waals surface area contributed by atoms with E-state index in [0.29, 0.717) is 16.3 Å². The molecule has 0 radical (unpaired) electrons. The fourth-order valence-corrected chi connectivity index (χ4v) is 3.97. The van der Waals surface area contributed by atoms with Gasteiger partial charge in [0.2, 0.25) is 5.91 Å². The molecule has 0 aliphatic carbocycles. The molecule has 0 spiro atoms. The van der Waals surface area contributed by atoms with Crippen LogP contribution >= 0.6 is 11.3 Å². The van der Waals surface area contributed by atoms with E-state index in [1.807, 2.05) is 37.3 Å². The highest BCUT2D eigenvalue weighted by Gasteiger charge is 2.24. The van der Waals surface area contributed by atoms with Crippen LogP contribution < -0.4 is 10.6 Å². The van der Waals surface area contributed by atoms with E-state index in [1.165, 1.54) is 17.6 Å². The van der Waals surface area contributed by atoms with Gasteiger partial charge < -0.3 is 20.2 Å². The van der Waals surface area contributed by atoms with Crippen molar-refractivity contribution in [2.45, 2.75) is 26.3 Å². The minimum Gasteiger partial charge on any atom is -0.481 e. The van der Waals surface area contributed by atoms with E-state index in [-0.39, 0.29) is 25.3 Å². The normalized spacial score (nSPS) is 10.5. The van der Waals surface area contributed by atoms with Crippen LogP contribution in [0.25, 0.3) is 11.1 Å². The molecule has 2 amide bonds. The Morgan fingerprint density at radius 1 is 1.07 bits per heavy atom. The Labute approximate surface area is 171 Å². The molecule has 1 aromatic carbocycles. The molecule has 7 nitrogen and oxygen atoms in total. The van der Waals surface area contributed by atoms with Crippen molar-refractivity contribution < 1.29 is 23.9 Å². The minimum atomic E-state index is -1.05. The van der Waals surface area contributed by atoms with Crippen LogP contribution in [0.2, 0.25) is 0 Å². The van der Waals surface area contributed by atoms with Gasteiger partial charge in [0.05, 0.1) is 24.8 Å². The number of carbonyl (C=O) groups excluding carboxylic acids is 2. The van der Waals surface area contributed by atoms with Crippen LogP contribution in [0.3, 0.4) is 0 Å². The van der Waals surface area contributed by atoms with Crippen LogP contribution in [-0.4, -0.2) is 22.9 Å². The van der Waals surface area contributed by atoms with Gasteiger partial charge in [-0.25, -0.2) is 0 Å². The number of carbonyl (C=O) groups is 3. The maximum Gasteiger partial charge on any atom is 0.303 e. The lowest BCUT2D eigenvalue weighted by Crippen LogP contribution is -2.24. The number of benzene rings is 1. The number of furan rings is 1. The second kappa shape index (κ2) is 9.20. The number of carboxylic acids is 1. The van der Waals surface area contributed by atoms with Crippen molar-refractivity contribution in [2.24, 2.45) is 0 Å². The molecule has 0 unspecified atom stereocenters. The molecule has 3 rings (SSSR count).